The lowest BCUT2D eigenvalue weighted by Crippen LogP contribution is -2.53. The van der Waals surface area contributed by atoms with Gasteiger partial charge in [0, 0.05) is 18.5 Å². The van der Waals surface area contributed by atoms with Crippen molar-refractivity contribution in [1.82, 2.24) is 4.90 Å². The van der Waals surface area contributed by atoms with Crippen LogP contribution in [0, 0.1) is 11.8 Å². The lowest BCUT2D eigenvalue weighted by Gasteiger charge is -2.39. The smallest absolute Gasteiger partial charge is 0.240 e. The molecule has 0 aromatic rings. The first-order chi connectivity index (χ1) is 9.00. The number of carbonyl (C=O) groups is 2. The average molecular weight is 267 g/mol. The van der Waals surface area contributed by atoms with E-state index < -0.39 is 6.04 Å². The van der Waals surface area contributed by atoms with E-state index in [2.05, 4.69) is 6.92 Å². The maximum absolute atomic E-state index is 12.6. The molecule has 2 fully saturated rings. The van der Waals surface area contributed by atoms with E-state index in [9.17, 15) is 9.59 Å². The molecule has 1 heterocycles. The summed E-state index contributed by atoms with van der Waals surface area (Å²) in [6.45, 7) is 2.77. The topological polar surface area (TPSA) is 89.4 Å². The van der Waals surface area contributed by atoms with Gasteiger partial charge in [-0.3, -0.25) is 9.59 Å². The number of carbonyl (C=O) groups excluding carboxylic acids is 2. The number of primary amides is 1. The predicted molar refractivity (Wildman–Crippen MR) is 73.0 cm³/mol. The molecule has 2 amide bonds. The highest BCUT2D eigenvalue weighted by Crippen LogP contribution is 2.31. The molecule has 0 radical (unpaired) electrons. The third-order valence-corrected chi connectivity index (χ3v) is 4.70. The summed E-state index contributed by atoms with van der Waals surface area (Å²) in [7, 11) is 0. The number of rotatable bonds is 2. The predicted octanol–water partition coefficient (Wildman–Crippen LogP) is 0.616. The van der Waals surface area contributed by atoms with Crippen molar-refractivity contribution in [2.75, 3.05) is 6.54 Å². The molecular formula is C14H25N3O2. The number of likely N-dealkylation sites (tertiary alicyclic amines) is 1. The second kappa shape index (κ2) is 5.90. The highest BCUT2D eigenvalue weighted by Gasteiger charge is 2.37. The summed E-state index contributed by atoms with van der Waals surface area (Å²) >= 11 is 0. The third kappa shape index (κ3) is 3.08. The molecule has 2 aliphatic rings. The van der Waals surface area contributed by atoms with E-state index in [4.69, 9.17) is 11.5 Å². The highest BCUT2D eigenvalue weighted by atomic mass is 16.2. The first-order valence-electron chi connectivity index (χ1n) is 7.36. The van der Waals surface area contributed by atoms with Gasteiger partial charge in [0.15, 0.2) is 0 Å². The van der Waals surface area contributed by atoms with Crippen molar-refractivity contribution in [2.24, 2.45) is 23.3 Å². The molecule has 4 atom stereocenters. The lowest BCUT2D eigenvalue weighted by molar-refractivity contribution is -0.145. The Morgan fingerprint density at radius 2 is 1.89 bits per heavy atom. The molecule has 5 heteroatoms. The first kappa shape index (κ1) is 14.3. The van der Waals surface area contributed by atoms with E-state index >= 15 is 0 Å². The van der Waals surface area contributed by atoms with Crippen molar-refractivity contribution in [2.45, 2.75) is 57.5 Å². The van der Waals surface area contributed by atoms with E-state index in [1.54, 1.807) is 4.90 Å². The van der Waals surface area contributed by atoms with Gasteiger partial charge in [0.1, 0.15) is 6.04 Å². The Kier molecular flexibility index (Phi) is 4.45. The monoisotopic (exact) mass is 267 g/mol. The summed E-state index contributed by atoms with van der Waals surface area (Å²) in [5.74, 6) is 0.144. The lowest BCUT2D eigenvalue weighted by atomic mass is 9.78. The Labute approximate surface area is 114 Å². The van der Waals surface area contributed by atoms with Gasteiger partial charge in [-0.25, -0.2) is 0 Å². The fourth-order valence-electron chi connectivity index (χ4n) is 3.37. The molecule has 1 saturated heterocycles. The van der Waals surface area contributed by atoms with Crippen molar-refractivity contribution in [3.05, 3.63) is 0 Å². The van der Waals surface area contributed by atoms with E-state index in [1.165, 1.54) is 0 Å². The van der Waals surface area contributed by atoms with Crippen LogP contribution in [0.1, 0.15) is 45.4 Å². The number of hydrogen-bond acceptors (Lipinski definition) is 3. The molecule has 108 valence electrons. The van der Waals surface area contributed by atoms with Crippen LogP contribution in [0.2, 0.25) is 0 Å². The molecule has 19 heavy (non-hydrogen) atoms. The molecule has 5 nitrogen and oxygen atoms in total. The summed E-state index contributed by atoms with van der Waals surface area (Å²) in [6, 6.07) is -0.190. The Morgan fingerprint density at radius 1 is 1.16 bits per heavy atom. The Bertz CT molecular complexity index is 359. The van der Waals surface area contributed by atoms with Crippen molar-refractivity contribution in [3.8, 4) is 0 Å². The van der Waals surface area contributed by atoms with Crippen LogP contribution in [0.4, 0.5) is 0 Å². The molecule has 0 spiro atoms. The van der Waals surface area contributed by atoms with E-state index in [-0.39, 0.29) is 23.8 Å². The van der Waals surface area contributed by atoms with Gasteiger partial charge < -0.3 is 16.4 Å². The fraction of sp³-hybridized carbons (Fsp3) is 0.857. The summed E-state index contributed by atoms with van der Waals surface area (Å²) in [6.07, 6.45) is 5.23. The van der Waals surface area contributed by atoms with Gasteiger partial charge in [0.25, 0.3) is 0 Å². The third-order valence-electron chi connectivity index (χ3n) is 4.70. The number of amides is 2. The molecule has 0 aromatic carbocycles. The van der Waals surface area contributed by atoms with E-state index in [1.807, 2.05) is 0 Å². The summed E-state index contributed by atoms with van der Waals surface area (Å²) in [5.41, 5.74) is 11.4. The largest absolute Gasteiger partial charge is 0.368 e. The number of piperidine rings is 1. The van der Waals surface area contributed by atoms with Gasteiger partial charge in [-0.1, -0.05) is 6.92 Å². The van der Waals surface area contributed by atoms with Gasteiger partial charge in [-0.05, 0) is 44.4 Å². The number of nitrogens with two attached hydrogens (primary N) is 2. The molecule has 2 rings (SSSR count). The minimum atomic E-state index is -0.396. The fourth-order valence-corrected chi connectivity index (χ4v) is 3.37. The van der Waals surface area contributed by atoms with Crippen LogP contribution in [0.5, 0.6) is 0 Å². The molecule has 4 unspecified atom stereocenters. The molecule has 1 saturated carbocycles. The average Bonchev–Trinajstić information content (AvgIpc) is 2.41. The van der Waals surface area contributed by atoms with Crippen molar-refractivity contribution < 1.29 is 9.59 Å². The van der Waals surface area contributed by atoms with Gasteiger partial charge in [0.2, 0.25) is 11.8 Å². The van der Waals surface area contributed by atoms with Gasteiger partial charge in [-0.15, -0.1) is 0 Å². The maximum Gasteiger partial charge on any atom is 0.240 e. The Balaban J connectivity index is 2.03. The minimum Gasteiger partial charge on any atom is -0.368 e. The zero-order chi connectivity index (χ0) is 14.0. The summed E-state index contributed by atoms with van der Waals surface area (Å²) in [5, 5.41) is 0. The first-order valence-corrected chi connectivity index (χ1v) is 7.36. The molecule has 4 N–H and O–H groups in total. The van der Waals surface area contributed by atoms with Crippen LogP contribution >= 0.6 is 0 Å². The number of nitrogens with zero attached hydrogens (tertiary/aromatic N) is 1. The van der Waals surface area contributed by atoms with Crippen molar-refractivity contribution in [1.29, 1.82) is 0 Å². The van der Waals surface area contributed by atoms with Gasteiger partial charge in [0.05, 0.1) is 0 Å². The molecule has 1 aliphatic heterocycles. The van der Waals surface area contributed by atoms with E-state index in [0.717, 1.165) is 32.1 Å². The second-order valence-electron chi connectivity index (χ2n) is 6.10. The second-order valence-corrected chi connectivity index (χ2v) is 6.10. The van der Waals surface area contributed by atoms with Crippen molar-refractivity contribution >= 4 is 11.8 Å². The van der Waals surface area contributed by atoms with Crippen LogP contribution in [-0.2, 0) is 9.59 Å². The zero-order valence-corrected chi connectivity index (χ0v) is 11.7. The normalized spacial score (nSPS) is 36.0. The minimum absolute atomic E-state index is 0.0229. The van der Waals surface area contributed by atoms with Gasteiger partial charge >= 0.3 is 0 Å². The van der Waals surface area contributed by atoms with Crippen LogP contribution < -0.4 is 11.5 Å². The highest BCUT2D eigenvalue weighted by molar-refractivity contribution is 5.87. The molecular weight excluding hydrogens is 242 g/mol. The SMILES string of the molecule is CC1CC(C(=O)N2CCCCC2C(N)=O)CCC1N. The molecule has 0 aromatic heterocycles. The van der Waals surface area contributed by atoms with E-state index in [0.29, 0.717) is 18.9 Å². The van der Waals surface area contributed by atoms with Crippen LogP contribution in [0.15, 0.2) is 0 Å². The standard InChI is InChI=1S/C14H25N3O2/c1-9-8-10(5-6-11(9)15)14(19)17-7-3-2-4-12(17)13(16)18/h9-12H,2-8,15H2,1H3,(H2,16,18). The maximum atomic E-state index is 12.6. The van der Waals surface area contributed by atoms with Crippen LogP contribution in [-0.4, -0.2) is 35.3 Å². The van der Waals surface area contributed by atoms with Crippen molar-refractivity contribution in [3.63, 3.8) is 0 Å². The summed E-state index contributed by atoms with van der Waals surface area (Å²) < 4.78 is 0. The van der Waals surface area contributed by atoms with Gasteiger partial charge in [-0.2, -0.15) is 0 Å². The molecule has 1 aliphatic carbocycles. The quantitative estimate of drug-likeness (QED) is 0.768. The Morgan fingerprint density at radius 3 is 2.53 bits per heavy atom. The molecule has 0 bridgehead atoms. The van der Waals surface area contributed by atoms with Crippen LogP contribution in [0.3, 0.4) is 0 Å². The zero-order valence-electron chi connectivity index (χ0n) is 11.7. The summed E-state index contributed by atoms with van der Waals surface area (Å²) in [4.78, 5) is 25.8. The number of hydrogen-bond donors (Lipinski definition) is 2. The van der Waals surface area contributed by atoms with Crippen LogP contribution in [0.25, 0.3) is 0 Å². The Hall–Kier alpha value is -1.10.